The number of piperidine rings is 1. The van der Waals surface area contributed by atoms with Crippen LogP contribution >= 0.6 is 23.4 Å². The molecule has 0 aromatic heterocycles. The molecule has 0 atom stereocenters. The Labute approximate surface area is 284 Å². The first-order valence-electron chi connectivity index (χ1n) is 15.3. The fourth-order valence-corrected chi connectivity index (χ4v) is 8.39. The first-order valence-corrected chi connectivity index (χ1v) is 17.9. The molecule has 3 amide bonds. The van der Waals surface area contributed by atoms with Crippen LogP contribution in [-0.2, 0) is 21.2 Å². The number of carbonyl (C=O) groups is 3. The monoisotopic (exact) mass is 697 g/mol. The summed E-state index contributed by atoms with van der Waals surface area (Å²) in [6.07, 6.45) is 3.95. The largest absolute Gasteiger partial charge is 0.493 e. The number of hydrogen-bond acceptors (Lipinski definition) is 8. The molecule has 2 saturated heterocycles. The van der Waals surface area contributed by atoms with E-state index < -0.39 is 27.1 Å². The predicted octanol–water partition coefficient (Wildman–Crippen LogP) is 5.86. The highest BCUT2D eigenvalue weighted by Crippen LogP contribution is 2.35. The SMILES string of the molecule is CCOc1ccc(C=C2SC(=O)N(CCNC(=O)c3ccc(Cl)c(S(=O)(=O)N4CCC(Cc5ccccc5)CC4)c3)C2=O)cc1OC. The second kappa shape index (κ2) is 15.4. The van der Waals surface area contributed by atoms with Crippen molar-refractivity contribution in [1.82, 2.24) is 14.5 Å². The average Bonchev–Trinajstić information content (AvgIpc) is 3.33. The molecule has 0 spiro atoms. The molecule has 13 heteroatoms. The van der Waals surface area contributed by atoms with Crippen molar-refractivity contribution in [2.75, 3.05) is 39.9 Å². The van der Waals surface area contributed by atoms with Crippen molar-refractivity contribution >= 4 is 56.5 Å². The van der Waals surface area contributed by atoms with Crippen LogP contribution in [0.2, 0.25) is 5.02 Å². The minimum atomic E-state index is -3.94. The number of benzene rings is 3. The fourth-order valence-electron chi connectivity index (χ4n) is 5.56. The zero-order chi connectivity index (χ0) is 33.6. The average molecular weight is 698 g/mol. The van der Waals surface area contributed by atoms with Crippen molar-refractivity contribution in [2.45, 2.75) is 31.1 Å². The number of sulfonamides is 1. The number of nitrogens with one attached hydrogen (secondary N) is 1. The summed E-state index contributed by atoms with van der Waals surface area (Å²) in [5.41, 5.74) is 1.99. The van der Waals surface area contributed by atoms with Gasteiger partial charge in [-0.25, -0.2) is 8.42 Å². The van der Waals surface area contributed by atoms with Crippen LogP contribution in [0.5, 0.6) is 11.5 Å². The van der Waals surface area contributed by atoms with Crippen LogP contribution in [0.4, 0.5) is 4.79 Å². The lowest BCUT2D eigenvalue weighted by atomic mass is 9.91. The molecule has 0 bridgehead atoms. The third-order valence-corrected chi connectivity index (χ3v) is 11.3. The van der Waals surface area contributed by atoms with E-state index in [0.717, 1.165) is 35.9 Å². The van der Waals surface area contributed by atoms with Crippen LogP contribution < -0.4 is 14.8 Å². The molecule has 3 aromatic carbocycles. The van der Waals surface area contributed by atoms with Crippen LogP contribution in [0.25, 0.3) is 6.08 Å². The van der Waals surface area contributed by atoms with Crippen LogP contribution in [-0.4, -0.2) is 74.6 Å². The summed E-state index contributed by atoms with van der Waals surface area (Å²) in [5, 5.41) is 2.25. The lowest BCUT2D eigenvalue weighted by molar-refractivity contribution is -0.122. The molecule has 0 unspecified atom stereocenters. The van der Waals surface area contributed by atoms with Gasteiger partial charge in [-0.3, -0.25) is 19.3 Å². The smallest absolute Gasteiger partial charge is 0.293 e. The topological polar surface area (TPSA) is 122 Å². The second-order valence-corrected chi connectivity index (χ2v) is 14.4. The van der Waals surface area contributed by atoms with Crippen molar-refractivity contribution in [3.05, 3.63) is 93.3 Å². The van der Waals surface area contributed by atoms with E-state index in [1.807, 2.05) is 25.1 Å². The summed E-state index contributed by atoms with van der Waals surface area (Å²) in [5.74, 6) is 0.425. The van der Waals surface area contributed by atoms with E-state index in [0.29, 0.717) is 42.7 Å². The van der Waals surface area contributed by atoms with Gasteiger partial charge in [-0.2, -0.15) is 4.31 Å². The Balaban J connectivity index is 1.17. The number of methoxy groups -OCH3 is 1. The molecule has 10 nitrogen and oxygen atoms in total. The van der Waals surface area contributed by atoms with E-state index in [4.69, 9.17) is 21.1 Å². The summed E-state index contributed by atoms with van der Waals surface area (Å²) in [4.78, 5) is 39.8. The maximum atomic E-state index is 13.6. The molecule has 2 heterocycles. The Morgan fingerprint density at radius 3 is 2.49 bits per heavy atom. The Bertz CT molecular complexity index is 1780. The fraction of sp³-hybridized carbons (Fsp3) is 0.324. The van der Waals surface area contributed by atoms with Gasteiger partial charge in [-0.1, -0.05) is 48.0 Å². The van der Waals surface area contributed by atoms with Crippen LogP contribution in [0, 0.1) is 5.92 Å². The van der Waals surface area contributed by atoms with Gasteiger partial charge < -0.3 is 14.8 Å². The highest BCUT2D eigenvalue weighted by atomic mass is 35.5. The molecule has 2 fully saturated rings. The highest BCUT2D eigenvalue weighted by Gasteiger charge is 2.35. The maximum absolute atomic E-state index is 13.6. The van der Waals surface area contributed by atoms with Crippen molar-refractivity contribution in [3.63, 3.8) is 0 Å². The third-order valence-electron chi connectivity index (χ3n) is 8.03. The van der Waals surface area contributed by atoms with Gasteiger partial charge in [0.1, 0.15) is 4.90 Å². The predicted molar refractivity (Wildman–Crippen MR) is 182 cm³/mol. The Morgan fingerprint density at radius 1 is 1.04 bits per heavy atom. The quantitative estimate of drug-likeness (QED) is 0.234. The molecular weight excluding hydrogens is 662 g/mol. The van der Waals surface area contributed by atoms with Crippen LogP contribution in [0.15, 0.2) is 76.5 Å². The first kappa shape index (κ1) is 34.5. The number of halogens is 1. The number of ether oxygens (including phenoxy) is 2. The van der Waals surface area contributed by atoms with E-state index in [9.17, 15) is 22.8 Å². The lowest BCUT2D eigenvalue weighted by Crippen LogP contribution is -2.39. The van der Waals surface area contributed by atoms with Gasteiger partial charge in [0.15, 0.2) is 11.5 Å². The van der Waals surface area contributed by atoms with E-state index in [-0.39, 0.29) is 33.5 Å². The number of thioether (sulfide) groups is 1. The van der Waals surface area contributed by atoms with Gasteiger partial charge >= 0.3 is 0 Å². The number of amides is 3. The van der Waals surface area contributed by atoms with E-state index in [1.54, 1.807) is 24.3 Å². The number of nitrogens with zero attached hydrogens (tertiary/aromatic N) is 2. The van der Waals surface area contributed by atoms with Crippen molar-refractivity contribution in [3.8, 4) is 11.5 Å². The minimum Gasteiger partial charge on any atom is -0.493 e. The summed E-state index contributed by atoms with van der Waals surface area (Å²) in [6.45, 7) is 2.98. The summed E-state index contributed by atoms with van der Waals surface area (Å²) < 4.78 is 39.4. The highest BCUT2D eigenvalue weighted by molar-refractivity contribution is 8.18. The summed E-state index contributed by atoms with van der Waals surface area (Å²) in [7, 11) is -2.42. The molecule has 2 aliphatic rings. The molecule has 3 aromatic rings. The molecule has 248 valence electrons. The molecule has 47 heavy (non-hydrogen) atoms. The Morgan fingerprint density at radius 2 is 1.79 bits per heavy atom. The van der Waals surface area contributed by atoms with Gasteiger partial charge in [0.25, 0.3) is 17.1 Å². The molecule has 5 rings (SSSR count). The third kappa shape index (κ3) is 8.18. The zero-order valence-corrected chi connectivity index (χ0v) is 28.5. The van der Waals surface area contributed by atoms with Gasteiger partial charge in [0.2, 0.25) is 10.0 Å². The summed E-state index contributed by atoms with van der Waals surface area (Å²) in [6, 6.07) is 19.5. The van der Waals surface area contributed by atoms with Crippen molar-refractivity contribution < 1.29 is 32.3 Å². The van der Waals surface area contributed by atoms with Gasteiger partial charge in [0.05, 0.1) is 23.6 Å². The van der Waals surface area contributed by atoms with Gasteiger partial charge in [-0.15, -0.1) is 0 Å². The minimum absolute atomic E-state index is 0.0271. The van der Waals surface area contributed by atoms with Crippen LogP contribution in [0.3, 0.4) is 0 Å². The summed E-state index contributed by atoms with van der Waals surface area (Å²) >= 11 is 7.14. The second-order valence-electron chi connectivity index (χ2n) is 11.1. The first-order chi connectivity index (χ1) is 22.6. The number of hydrogen-bond donors (Lipinski definition) is 1. The zero-order valence-electron chi connectivity index (χ0n) is 26.1. The van der Waals surface area contributed by atoms with Crippen LogP contribution in [0.1, 0.15) is 41.3 Å². The molecule has 0 saturated carbocycles. The molecule has 0 radical (unpaired) electrons. The van der Waals surface area contributed by atoms with Crippen molar-refractivity contribution in [2.24, 2.45) is 5.92 Å². The molecule has 0 aliphatic carbocycles. The Kier molecular flexibility index (Phi) is 11.3. The standard InChI is InChI=1S/C34H36ClN3O7S2/c1-3-45-28-12-9-25(20-29(28)44-2)21-30-33(40)38(34(41)46-30)18-15-36-32(39)26-10-11-27(35)31(22-26)47(42,43)37-16-13-24(14-17-37)19-23-7-5-4-6-8-23/h4-12,20-22,24H,3,13-19H2,1-2H3,(H,36,39). The lowest BCUT2D eigenvalue weighted by Gasteiger charge is -2.31. The number of rotatable bonds is 12. The van der Waals surface area contributed by atoms with Gasteiger partial charge in [0, 0.05) is 31.7 Å². The van der Waals surface area contributed by atoms with Crippen molar-refractivity contribution in [1.29, 1.82) is 0 Å². The molecule has 1 N–H and O–H groups in total. The molecule has 2 aliphatic heterocycles. The van der Waals surface area contributed by atoms with E-state index in [2.05, 4.69) is 17.4 Å². The Hall–Kier alpha value is -3.84. The van der Waals surface area contributed by atoms with E-state index >= 15 is 0 Å². The van der Waals surface area contributed by atoms with E-state index in [1.165, 1.54) is 35.2 Å². The normalized spacial score (nSPS) is 16.9. The number of imide groups is 1. The molecular formula is C34H36ClN3O7S2. The maximum Gasteiger partial charge on any atom is 0.293 e. The van der Waals surface area contributed by atoms with Gasteiger partial charge in [-0.05, 0) is 91.4 Å². The number of carbonyl (C=O) groups excluding carboxylic acids is 3.